The number of rotatable bonds is 5. The Balaban J connectivity index is 1.50. The molecule has 0 spiro atoms. The Morgan fingerprint density at radius 1 is 0.939 bits per heavy atom. The number of hydrogen-bond donors (Lipinski definition) is 0. The van der Waals surface area contributed by atoms with Crippen LogP contribution in [0.3, 0.4) is 0 Å². The van der Waals surface area contributed by atoms with Crippen LogP contribution in [0.2, 0.25) is 0 Å². The molecule has 0 bridgehead atoms. The van der Waals surface area contributed by atoms with Crippen LogP contribution in [0, 0.1) is 5.92 Å². The monoisotopic (exact) mass is 459 g/mol. The van der Waals surface area contributed by atoms with Gasteiger partial charge in [-0.05, 0) is 23.6 Å². The highest BCUT2D eigenvalue weighted by molar-refractivity contribution is 7.85. The van der Waals surface area contributed by atoms with Crippen LogP contribution >= 0.6 is 0 Å². The molecule has 0 aliphatic carbocycles. The molecule has 0 radical (unpaired) electrons. The van der Waals surface area contributed by atoms with Gasteiger partial charge < -0.3 is 9.64 Å². The zero-order valence-corrected chi connectivity index (χ0v) is 19.7. The van der Waals surface area contributed by atoms with Crippen molar-refractivity contribution in [3.8, 4) is 5.75 Å². The zero-order chi connectivity index (χ0) is 22.8. The molecule has 3 atom stereocenters. The maximum Gasteiger partial charge on any atom is 0.227 e. The average molecular weight is 460 g/mol. The molecule has 2 aliphatic rings. The first kappa shape index (κ1) is 21.9. The van der Waals surface area contributed by atoms with Crippen molar-refractivity contribution in [3.63, 3.8) is 0 Å². The molecule has 0 aromatic heterocycles. The summed E-state index contributed by atoms with van der Waals surface area (Å²) >= 11 is 0. The second-order valence-electron chi connectivity index (χ2n) is 8.97. The Bertz CT molecular complexity index is 1110. The van der Waals surface area contributed by atoms with Crippen LogP contribution in [0.4, 0.5) is 0 Å². The van der Waals surface area contributed by atoms with Crippen molar-refractivity contribution in [2.24, 2.45) is 5.92 Å². The van der Waals surface area contributed by atoms with Crippen LogP contribution in [0.1, 0.15) is 23.1 Å². The SMILES string of the molecule is COc1ccccc1CC(=O)N1C[C@@H]2[C@H](C1)S(=O)CCC2(c1ccccc1)c1ccccc1. The number of ether oxygens (including phenoxy) is 1. The highest BCUT2D eigenvalue weighted by atomic mass is 32.2. The number of carbonyl (C=O) groups excluding carboxylic acids is 1. The first-order chi connectivity index (χ1) is 16.1. The number of para-hydroxylation sites is 1. The van der Waals surface area contributed by atoms with E-state index in [-0.39, 0.29) is 22.5 Å². The Morgan fingerprint density at radius 2 is 1.55 bits per heavy atom. The van der Waals surface area contributed by atoms with E-state index < -0.39 is 10.8 Å². The summed E-state index contributed by atoms with van der Waals surface area (Å²) in [4.78, 5) is 15.3. The molecule has 2 aliphatic heterocycles. The number of methoxy groups -OCH3 is 1. The smallest absolute Gasteiger partial charge is 0.227 e. The van der Waals surface area contributed by atoms with E-state index in [4.69, 9.17) is 4.74 Å². The molecule has 4 nitrogen and oxygen atoms in total. The Morgan fingerprint density at radius 3 is 2.18 bits per heavy atom. The molecule has 1 unspecified atom stereocenters. The van der Waals surface area contributed by atoms with Crippen molar-refractivity contribution >= 4 is 16.7 Å². The minimum atomic E-state index is -0.948. The molecule has 2 fully saturated rings. The molecule has 0 saturated carbocycles. The molecular formula is C28H29NO3S. The largest absolute Gasteiger partial charge is 0.496 e. The molecule has 170 valence electrons. The molecule has 1 amide bonds. The summed E-state index contributed by atoms with van der Waals surface area (Å²) in [6, 6.07) is 28.9. The number of hydrogen-bond acceptors (Lipinski definition) is 3. The fourth-order valence-electron chi connectivity index (χ4n) is 5.79. The molecular weight excluding hydrogens is 430 g/mol. The lowest BCUT2D eigenvalue weighted by molar-refractivity contribution is -0.129. The number of benzene rings is 3. The lowest BCUT2D eigenvalue weighted by Crippen LogP contribution is -2.49. The third-order valence-corrected chi connectivity index (χ3v) is 9.16. The Hall–Kier alpha value is -2.92. The van der Waals surface area contributed by atoms with Gasteiger partial charge in [-0.1, -0.05) is 78.9 Å². The van der Waals surface area contributed by atoms with E-state index in [2.05, 4.69) is 48.5 Å². The maximum absolute atomic E-state index is 13.4. The van der Waals surface area contributed by atoms with Gasteiger partial charge >= 0.3 is 0 Å². The maximum atomic E-state index is 13.4. The van der Waals surface area contributed by atoms with Gasteiger partial charge in [-0.25, -0.2) is 0 Å². The summed E-state index contributed by atoms with van der Waals surface area (Å²) in [6.07, 6.45) is 1.11. The fraction of sp³-hybridized carbons (Fsp3) is 0.321. The van der Waals surface area contributed by atoms with E-state index in [0.29, 0.717) is 25.3 Å². The van der Waals surface area contributed by atoms with Gasteiger partial charge in [0.2, 0.25) is 5.91 Å². The molecule has 5 heteroatoms. The number of nitrogens with zero attached hydrogens (tertiary/aromatic N) is 1. The molecule has 2 saturated heterocycles. The molecule has 3 aromatic rings. The highest BCUT2D eigenvalue weighted by Crippen LogP contribution is 2.50. The van der Waals surface area contributed by atoms with Crippen LogP contribution in [-0.4, -0.2) is 46.2 Å². The molecule has 3 aromatic carbocycles. The second-order valence-corrected chi connectivity index (χ2v) is 10.7. The van der Waals surface area contributed by atoms with Crippen LogP contribution in [0.25, 0.3) is 0 Å². The number of fused-ring (bicyclic) bond motifs is 1. The van der Waals surface area contributed by atoms with E-state index in [1.54, 1.807) is 7.11 Å². The van der Waals surface area contributed by atoms with Gasteiger partial charge in [0, 0.05) is 46.5 Å². The van der Waals surface area contributed by atoms with Crippen LogP contribution < -0.4 is 4.74 Å². The van der Waals surface area contributed by atoms with Crippen LogP contribution in [0.5, 0.6) is 5.75 Å². The molecule has 5 rings (SSSR count). The van der Waals surface area contributed by atoms with Crippen LogP contribution in [-0.2, 0) is 27.4 Å². The van der Waals surface area contributed by atoms with Gasteiger partial charge in [-0.2, -0.15) is 0 Å². The van der Waals surface area contributed by atoms with E-state index in [9.17, 15) is 9.00 Å². The first-order valence-corrected chi connectivity index (χ1v) is 12.9. The van der Waals surface area contributed by atoms with Crippen molar-refractivity contribution in [3.05, 3.63) is 102 Å². The predicted molar refractivity (Wildman–Crippen MR) is 132 cm³/mol. The summed E-state index contributed by atoms with van der Waals surface area (Å²) in [7, 11) is 0.682. The van der Waals surface area contributed by atoms with E-state index >= 15 is 0 Å². The van der Waals surface area contributed by atoms with Gasteiger partial charge in [0.05, 0.1) is 18.8 Å². The molecule has 33 heavy (non-hydrogen) atoms. The number of amides is 1. The Labute approximate surface area is 198 Å². The summed E-state index contributed by atoms with van der Waals surface area (Å²) in [6.45, 7) is 1.17. The molecule has 0 N–H and O–H groups in total. The van der Waals surface area contributed by atoms with E-state index in [0.717, 1.165) is 17.7 Å². The minimum absolute atomic E-state index is 0.0271. The van der Waals surface area contributed by atoms with Gasteiger partial charge in [-0.3, -0.25) is 9.00 Å². The quantitative estimate of drug-likeness (QED) is 0.574. The van der Waals surface area contributed by atoms with Crippen molar-refractivity contribution in [1.29, 1.82) is 0 Å². The van der Waals surface area contributed by atoms with Gasteiger partial charge in [0.15, 0.2) is 0 Å². The lowest BCUT2D eigenvalue weighted by Gasteiger charge is -2.45. The topological polar surface area (TPSA) is 46.6 Å². The van der Waals surface area contributed by atoms with Crippen molar-refractivity contribution in [1.82, 2.24) is 4.90 Å². The lowest BCUT2D eigenvalue weighted by atomic mass is 9.63. The van der Waals surface area contributed by atoms with Crippen molar-refractivity contribution < 1.29 is 13.7 Å². The summed E-state index contributed by atoms with van der Waals surface area (Å²) < 4.78 is 18.7. The average Bonchev–Trinajstić information content (AvgIpc) is 3.33. The number of likely N-dealkylation sites (tertiary alicyclic amines) is 1. The summed E-state index contributed by atoms with van der Waals surface area (Å²) in [5, 5.41) is -0.0271. The Kier molecular flexibility index (Phi) is 6.07. The predicted octanol–water partition coefficient (Wildman–Crippen LogP) is 4.20. The standard InChI is InChI=1S/C28H29NO3S/c1-32-25-15-9-8-10-21(25)18-27(30)29-19-24-26(20-29)33(31)17-16-28(24,22-11-4-2-5-12-22)23-13-6-3-7-14-23/h2-15,24,26H,16-20H2,1H3/t24-,26+,33?/m1/s1. The fourth-order valence-corrected chi connectivity index (χ4v) is 7.65. The third-order valence-electron chi connectivity index (χ3n) is 7.40. The first-order valence-electron chi connectivity index (χ1n) is 11.5. The van der Waals surface area contributed by atoms with Gasteiger partial charge in [-0.15, -0.1) is 0 Å². The summed E-state index contributed by atoms with van der Waals surface area (Å²) in [5.74, 6) is 1.56. The number of carbonyl (C=O) groups is 1. The highest BCUT2D eigenvalue weighted by Gasteiger charge is 2.54. The van der Waals surface area contributed by atoms with E-state index in [1.165, 1.54) is 11.1 Å². The second kappa shape index (κ2) is 9.14. The van der Waals surface area contributed by atoms with Crippen molar-refractivity contribution in [2.45, 2.75) is 23.5 Å². The van der Waals surface area contributed by atoms with E-state index in [1.807, 2.05) is 41.3 Å². The zero-order valence-electron chi connectivity index (χ0n) is 18.9. The van der Waals surface area contributed by atoms with Gasteiger partial charge in [0.1, 0.15) is 5.75 Å². The van der Waals surface area contributed by atoms with Gasteiger partial charge in [0.25, 0.3) is 0 Å². The van der Waals surface area contributed by atoms with Crippen molar-refractivity contribution in [2.75, 3.05) is 26.0 Å². The summed E-state index contributed by atoms with van der Waals surface area (Å²) in [5.41, 5.74) is 3.14. The van der Waals surface area contributed by atoms with Crippen LogP contribution in [0.15, 0.2) is 84.9 Å². The normalized spacial score (nSPS) is 23.7. The minimum Gasteiger partial charge on any atom is -0.496 e. The third kappa shape index (κ3) is 3.89. The molecule has 2 heterocycles.